The van der Waals surface area contributed by atoms with E-state index in [1.807, 2.05) is 13.0 Å². The van der Waals surface area contributed by atoms with E-state index in [0.29, 0.717) is 16.5 Å². The summed E-state index contributed by atoms with van der Waals surface area (Å²) in [6.07, 6.45) is 0. The molecule has 0 aliphatic rings. The van der Waals surface area contributed by atoms with Crippen molar-refractivity contribution in [2.24, 2.45) is 0 Å². The lowest BCUT2D eigenvalue weighted by molar-refractivity contribution is -0.149. The Balaban J connectivity index is 1.75. The molecular formula is C17H15BrClNO4. The molecule has 24 heavy (non-hydrogen) atoms. The van der Waals surface area contributed by atoms with Crippen molar-refractivity contribution in [2.75, 3.05) is 18.5 Å². The van der Waals surface area contributed by atoms with Gasteiger partial charge >= 0.3 is 5.97 Å². The molecule has 1 N–H and O–H groups in total. The molecule has 2 aromatic rings. The van der Waals surface area contributed by atoms with Crippen molar-refractivity contribution in [3.8, 4) is 5.75 Å². The Kier molecular flexibility index (Phi) is 6.63. The van der Waals surface area contributed by atoms with Gasteiger partial charge in [-0.1, -0.05) is 33.6 Å². The molecule has 0 bridgehead atoms. The van der Waals surface area contributed by atoms with Gasteiger partial charge in [-0.05, 0) is 48.9 Å². The highest BCUT2D eigenvalue weighted by molar-refractivity contribution is 9.10. The predicted molar refractivity (Wildman–Crippen MR) is 95.4 cm³/mol. The second-order valence-electron chi connectivity index (χ2n) is 4.91. The Morgan fingerprint density at radius 3 is 2.67 bits per heavy atom. The third-order valence-corrected chi connectivity index (χ3v) is 3.71. The quantitative estimate of drug-likeness (QED) is 0.729. The van der Waals surface area contributed by atoms with Crippen molar-refractivity contribution in [3.63, 3.8) is 0 Å². The van der Waals surface area contributed by atoms with Crippen LogP contribution in [0.1, 0.15) is 5.56 Å². The molecule has 0 radical (unpaired) electrons. The van der Waals surface area contributed by atoms with Gasteiger partial charge in [0.05, 0.1) is 0 Å². The van der Waals surface area contributed by atoms with E-state index in [1.54, 1.807) is 36.4 Å². The zero-order chi connectivity index (χ0) is 17.5. The van der Waals surface area contributed by atoms with E-state index in [2.05, 4.69) is 21.2 Å². The molecule has 5 nitrogen and oxygen atoms in total. The van der Waals surface area contributed by atoms with Crippen LogP contribution in [0, 0.1) is 6.92 Å². The van der Waals surface area contributed by atoms with Crippen molar-refractivity contribution in [1.82, 2.24) is 0 Å². The number of halogens is 2. The minimum absolute atomic E-state index is 0.274. The number of rotatable bonds is 6. The first-order valence-electron chi connectivity index (χ1n) is 7.04. The fraction of sp³-hybridized carbons (Fsp3) is 0.176. The number of amides is 1. The normalized spacial score (nSPS) is 10.1. The Bertz CT molecular complexity index is 751. The van der Waals surface area contributed by atoms with E-state index in [-0.39, 0.29) is 13.2 Å². The number of esters is 1. The summed E-state index contributed by atoms with van der Waals surface area (Å²) in [5.74, 6) is -0.531. The van der Waals surface area contributed by atoms with Gasteiger partial charge in [0, 0.05) is 15.2 Å². The van der Waals surface area contributed by atoms with Gasteiger partial charge in [0.15, 0.2) is 13.2 Å². The van der Waals surface area contributed by atoms with Crippen LogP contribution in [0.15, 0.2) is 46.9 Å². The first-order chi connectivity index (χ1) is 11.4. The second-order valence-corrected chi connectivity index (χ2v) is 6.27. The molecule has 126 valence electrons. The third-order valence-electron chi connectivity index (χ3n) is 2.98. The minimum Gasteiger partial charge on any atom is -0.482 e. The van der Waals surface area contributed by atoms with E-state index in [4.69, 9.17) is 21.1 Å². The molecule has 0 atom stereocenters. The van der Waals surface area contributed by atoms with Crippen molar-refractivity contribution >= 4 is 45.1 Å². The zero-order valence-electron chi connectivity index (χ0n) is 12.8. The Labute approximate surface area is 153 Å². The minimum atomic E-state index is -0.627. The molecule has 0 spiro atoms. The van der Waals surface area contributed by atoms with Crippen LogP contribution in [0.3, 0.4) is 0 Å². The summed E-state index contributed by atoms with van der Waals surface area (Å²) < 4.78 is 11.0. The summed E-state index contributed by atoms with van der Waals surface area (Å²) in [6, 6.07) is 12.2. The number of carbonyl (C=O) groups excluding carboxylic acids is 2. The highest BCUT2D eigenvalue weighted by Crippen LogP contribution is 2.19. The lowest BCUT2D eigenvalue weighted by Crippen LogP contribution is -2.24. The fourth-order valence-corrected chi connectivity index (χ4v) is 2.45. The molecule has 0 unspecified atom stereocenters. The van der Waals surface area contributed by atoms with Gasteiger partial charge in [-0.15, -0.1) is 0 Å². The first-order valence-corrected chi connectivity index (χ1v) is 8.21. The highest BCUT2D eigenvalue weighted by Gasteiger charge is 2.10. The Morgan fingerprint density at radius 1 is 1.17 bits per heavy atom. The molecule has 0 saturated carbocycles. The summed E-state index contributed by atoms with van der Waals surface area (Å²) in [7, 11) is 0. The van der Waals surface area contributed by atoms with Crippen LogP contribution < -0.4 is 10.1 Å². The van der Waals surface area contributed by atoms with Gasteiger partial charge in [0.25, 0.3) is 5.91 Å². The van der Waals surface area contributed by atoms with Crippen molar-refractivity contribution in [2.45, 2.75) is 6.92 Å². The van der Waals surface area contributed by atoms with Crippen LogP contribution in [0.4, 0.5) is 5.69 Å². The molecule has 0 heterocycles. The van der Waals surface area contributed by atoms with E-state index < -0.39 is 11.9 Å². The number of aryl methyl sites for hydroxylation is 1. The molecule has 0 aliphatic carbocycles. The molecule has 7 heteroatoms. The molecule has 0 fully saturated rings. The van der Waals surface area contributed by atoms with Crippen LogP contribution in [0.2, 0.25) is 5.02 Å². The van der Waals surface area contributed by atoms with Gasteiger partial charge in [-0.25, -0.2) is 4.79 Å². The van der Waals surface area contributed by atoms with Gasteiger partial charge in [0.1, 0.15) is 5.75 Å². The monoisotopic (exact) mass is 411 g/mol. The Morgan fingerprint density at radius 2 is 1.96 bits per heavy atom. The zero-order valence-corrected chi connectivity index (χ0v) is 15.2. The number of ether oxygens (including phenoxy) is 2. The predicted octanol–water partition coefficient (Wildman–Crippen LogP) is 3.97. The number of benzene rings is 2. The smallest absolute Gasteiger partial charge is 0.344 e. The molecule has 0 aromatic heterocycles. The van der Waals surface area contributed by atoms with E-state index in [0.717, 1.165) is 10.0 Å². The summed E-state index contributed by atoms with van der Waals surface area (Å²) in [4.78, 5) is 23.4. The van der Waals surface area contributed by atoms with Crippen molar-refractivity contribution in [1.29, 1.82) is 0 Å². The first kappa shape index (κ1) is 18.3. The molecule has 0 aliphatic heterocycles. The number of carbonyl (C=O) groups is 2. The average Bonchev–Trinajstić information content (AvgIpc) is 2.54. The van der Waals surface area contributed by atoms with Crippen LogP contribution in [0.25, 0.3) is 0 Å². The van der Waals surface area contributed by atoms with Crippen LogP contribution >= 0.6 is 27.5 Å². The topological polar surface area (TPSA) is 64.6 Å². The average molecular weight is 413 g/mol. The fourth-order valence-electron chi connectivity index (χ4n) is 1.84. The van der Waals surface area contributed by atoms with Gasteiger partial charge in [-0.3, -0.25) is 4.79 Å². The molecule has 0 saturated heterocycles. The molecule has 1 amide bonds. The maximum atomic E-state index is 11.8. The molecule has 2 aromatic carbocycles. The van der Waals surface area contributed by atoms with Crippen molar-refractivity contribution in [3.05, 3.63) is 57.5 Å². The van der Waals surface area contributed by atoms with Crippen LogP contribution in [0.5, 0.6) is 5.75 Å². The lowest BCUT2D eigenvalue weighted by Gasteiger charge is -2.10. The SMILES string of the molecule is Cc1cc(Cl)ccc1NC(=O)COC(=O)COc1cccc(Br)c1. The standard InChI is InChI=1S/C17H15BrClNO4/c1-11-7-13(19)5-6-15(11)20-16(21)9-24-17(22)10-23-14-4-2-3-12(18)8-14/h2-8H,9-10H2,1H3,(H,20,21). The largest absolute Gasteiger partial charge is 0.482 e. The van der Waals surface area contributed by atoms with Gasteiger partial charge < -0.3 is 14.8 Å². The number of anilines is 1. The lowest BCUT2D eigenvalue weighted by atomic mass is 10.2. The number of hydrogen-bond acceptors (Lipinski definition) is 4. The van der Waals surface area contributed by atoms with Crippen molar-refractivity contribution < 1.29 is 19.1 Å². The van der Waals surface area contributed by atoms with E-state index in [9.17, 15) is 9.59 Å². The van der Waals surface area contributed by atoms with E-state index in [1.165, 1.54) is 0 Å². The summed E-state index contributed by atoms with van der Waals surface area (Å²) >= 11 is 9.16. The van der Waals surface area contributed by atoms with Gasteiger partial charge in [-0.2, -0.15) is 0 Å². The summed E-state index contributed by atoms with van der Waals surface area (Å²) in [5.41, 5.74) is 1.44. The molecular weight excluding hydrogens is 398 g/mol. The highest BCUT2D eigenvalue weighted by atomic mass is 79.9. The summed E-state index contributed by atoms with van der Waals surface area (Å²) in [6.45, 7) is 1.16. The van der Waals surface area contributed by atoms with Crippen LogP contribution in [-0.2, 0) is 14.3 Å². The maximum absolute atomic E-state index is 11.8. The third kappa shape index (κ3) is 5.86. The van der Waals surface area contributed by atoms with Crippen LogP contribution in [-0.4, -0.2) is 25.1 Å². The summed E-state index contributed by atoms with van der Waals surface area (Å²) in [5, 5.41) is 3.24. The maximum Gasteiger partial charge on any atom is 0.344 e. The second kappa shape index (κ2) is 8.70. The van der Waals surface area contributed by atoms with E-state index >= 15 is 0 Å². The Hall–Kier alpha value is -2.05. The number of nitrogens with one attached hydrogen (secondary N) is 1. The molecule has 2 rings (SSSR count). The number of hydrogen-bond donors (Lipinski definition) is 1. The van der Waals surface area contributed by atoms with Gasteiger partial charge in [0.2, 0.25) is 0 Å².